The summed E-state index contributed by atoms with van der Waals surface area (Å²) in [5.74, 6) is 1.34. The van der Waals surface area contributed by atoms with E-state index in [9.17, 15) is 9.59 Å². The van der Waals surface area contributed by atoms with Crippen molar-refractivity contribution in [3.05, 3.63) is 91.6 Å². The first-order valence-corrected chi connectivity index (χ1v) is 11.6. The van der Waals surface area contributed by atoms with Gasteiger partial charge < -0.3 is 4.90 Å². The van der Waals surface area contributed by atoms with E-state index in [1.165, 1.54) is 10.1 Å². The van der Waals surface area contributed by atoms with E-state index in [2.05, 4.69) is 34.1 Å². The van der Waals surface area contributed by atoms with Gasteiger partial charge in [-0.2, -0.15) is 4.98 Å². The fourth-order valence-corrected chi connectivity index (χ4v) is 4.80. The minimum Gasteiger partial charge on any atom is -0.342 e. The van der Waals surface area contributed by atoms with Gasteiger partial charge in [0.2, 0.25) is 5.95 Å². The number of hydrogen-bond donors (Lipinski definition) is 1. The number of anilines is 1. The van der Waals surface area contributed by atoms with Gasteiger partial charge in [0.1, 0.15) is 0 Å². The molecule has 2 aromatic heterocycles. The van der Waals surface area contributed by atoms with E-state index in [-0.39, 0.29) is 0 Å². The quantitative estimate of drug-likeness (QED) is 0.490. The number of aryl methyl sites for hydroxylation is 1. The number of piperidine rings is 1. The van der Waals surface area contributed by atoms with E-state index >= 15 is 0 Å². The van der Waals surface area contributed by atoms with Crippen LogP contribution in [0.3, 0.4) is 0 Å². The predicted octanol–water partition coefficient (Wildman–Crippen LogP) is 3.58. The molecule has 170 valence electrons. The number of benzene rings is 2. The minimum absolute atomic E-state index is 0.402. The van der Waals surface area contributed by atoms with Gasteiger partial charge in [0.25, 0.3) is 5.56 Å². The van der Waals surface area contributed by atoms with Crippen molar-refractivity contribution in [3.63, 3.8) is 0 Å². The van der Waals surface area contributed by atoms with Gasteiger partial charge >= 0.3 is 5.69 Å². The van der Waals surface area contributed by atoms with E-state index in [1.807, 2.05) is 34.9 Å². The highest BCUT2D eigenvalue weighted by Crippen LogP contribution is 2.28. The molecule has 0 radical (unpaired) electrons. The van der Waals surface area contributed by atoms with Crippen LogP contribution in [0, 0.1) is 5.92 Å². The van der Waals surface area contributed by atoms with Gasteiger partial charge in [-0.25, -0.2) is 4.79 Å². The fourth-order valence-electron chi connectivity index (χ4n) is 4.67. The van der Waals surface area contributed by atoms with Gasteiger partial charge in [-0.1, -0.05) is 54.1 Å². The second kappa shape index (κ2) is 8.90. The number of fused-ring (bicyclic) bond motifs is 1. The highest BCUT2D eigenvalue weighted by molar-refractivity contribution is 6.30. The second-order valence-corrected chi connectivity index (χ2v) is 9.17. The standard InChI is InChI=1S/C25H26ClN5O2/c1-29-22-21(23(32)28-25(29)33)31(16-19-7-9-20(26)10-8-19)24(27-22)30-13-11-18(12-14-30)15-17-5-3-2-4-6-17/h2-10,18H,11-16H2,1H3,(H,28,32,33). The summed E-state index contributed by atoms with van der Waals surface area (Å²) in [6.45, 7) is 2.18. The first kappa shape index (κ1) is 21.5. The highest BCUT2D eigenvalue weighted by Gasteiger charge is 2.26. The van der Waals surface area contributed by atoms with E-state index in [4.69, 9.17) is 16.6 Å². The van der Waals surface area contributed by atoms with E-state index in [1.54, 1.807) is 7.05 Å². The maximum Gasteiger partial charge on any atom is 0.329 e. The summed E-state index contributed by atoms with van der Waals surface area (Å²) in [7, 11) is 1.64. The number of hydrogen-bond acceptors (Lipinski definition) is 4. The average Bonchev–Trinajstić information content (AvgIpc) is 3.20. The summed E-state index contributed by atoms with van der Waals surface area (Å²) < 4.78 is 3.33. The van der Waals surface area contributed by atoms with Gasteiger partial charge in [-0.3, -0.25) is 18.9 Å². The molecule has 5 rings (SSSR count). The lowest BCUT2D eigenvalue weighted by Crippen LogP contribution is -2.36. The lowest BCUT2D eigenvalue weighted by atomic mass is 9.90. The monoisotopic (exact) mass is 463 g/mol. The molecule has 1 saturated heterocycles. The Kier molecular flexibility index (Phi) is 5.81. The maximum atomic E-state index is 12.8. The van der Waals surface area contributed by atoms with Crippen molar-refractivity contribution in [2.45, 2.75) is 25.8 Å². The molecule has 7 nitrogen and oxygen atoms in total. The third-order valence-electron chi connectivity index (χ3n) is 6.51. The Hall–Kier alpha value is -3.32. The molecule has 0 amide bonds. The Balaban J connectivity index is 1.47. The summed E-state index contributed by atoms with van der Waals surface area (Å²) >= 11 is 6.06. The molecule has 1 aliphatic heterocycles. The molecular formula is C25H26ClN5O2. The molecule has 0 saturated carbocycles. The molecule has 0 aliphatic carbocycles. The average molecular weight is 464 g/mol. The van der Waals surface area contributed by atoms with Gasteiger partial charge in [-0.15, -0.1) is 0 Å². The van der Waals surface area contributed by atoms with Crippen molar-refractivity contribution in [1.29, 1.82) is 0 Å². The lowest BCUT2D eigenvalue weighted by Gasteiger charge is -2.33. The molecule has 0 unspecified atom stereocenters. The number of aromatic amines is 1. The summed E-state index contributed by atoms with van der Waals surface area (Å²) in [4.78, 5) is 34.4. The van der Waals surface area contributed by atoms with Crippen molar-refractivity contribution in [1.82, 2.24) is 19.1 Å². The summed E-state index contributed by atoms with van der Waals surface area (Å²) in [5, 5.41) is 0.662. The van der Waals surface area contributed by atoms with Crippen molar-refractivity contribution in [2.24, 2.45) is 13.0 Å². The third-order valence-corrected chi connectivity index (χ3v) is 6.76. The molecule has 2 aromatic carbocycles. The first-order chi connectivity index (χ1) is 16.0. The third kappa shape index (κ3) is 4.33. The normalized spacial score (nSPS) is 14.8. The number of nitrogens with one attached hydrogen (secondary N) is 1. The summed E-state index contributed by atoms with van der Waals surface area (Å²) in [5.41, 5.74) is 2.31. The van der Waals surface area contributed by atoms with Crippen molar-refractivity contribution in [2.75, 3.05) is 18.0 Å². The second-order valence-electron chi connectivity index (χ2n) is 8.74. The molecule has 0 spiro atoms. The fraction of sp³-hybridized carbons (Fsp3) is 0.320. The smallest absolute Gasteiger partial charge is 0.329 e. The molecule has 3 heterocycles. The van der Waals surface area contributed by atoms with E-state index < -0.39 is 11.2 Å². The van der Waals surface area contributed by atoms with Crippen molar-refractivity contribution >= 4 is 28.7 Å². The Bertz CT molecular complexity index is 1380. The van der Waals surface area contributed by atoms with Crippen LogP contribution in [-0.4, -0.2) is 32.2 Å². The van der Waals surface area contributed by atoms with Crippen molar-refractivity contribution < 1.29 is 0 Å². The van der Waals surface area contributed by atoms with Crippen LogP contribution in [0.2, 0.25) is 5.02 Å². The topological polar surface area (TPSA) is 75.9 Å². The van der Waals surface area contributed by atoms with Gasteiger partial charge in [0.05, 0.1) is 6.54 Å². The van der Waals surface area contributed by atoms with Crippen LogP contribution in [-0.2, 0) is 20.0 Å². The largest absolute Gasteiger partial charge is 0.342 e. The molecular weight excluding hydrogens is 438 g/mol. The zero-order chi connectivity index (χ0) is 22.9. The molecule has 1 aliphatic rings. The molecule has 0 bridgehead atoms. The van der Waals surface area contributed by atoms with Crippen LogP contribution in [0.25, 0.3) is 11.2 Å². The number of aromatic nitrogens is 4. The number of nitrogens with zero attached hydrogens (tertiary/aromatic N) is 4. The van der Waals surface area contributed by atoms with Crippen LogP contribution in [0.5, 0.6) is 0 Å². The summed E-state index contributed by atoms with van der Waals surface area (Å²) in [6, 6.07) is 18.2. The number of H-pyrrole nitrogens is 1. The van der Waals surface area contributed by atoms with Gasteiger partial charge in [0.15, 0.2) is 11.2 Å². The van der Waals surface area contributed by atoms with Crippen LogP contribution in [0.4, 0.5) is 5.95 Å². The minimum atomic E-state index is -0.461. The van der Waals surface area contributed by atoms with Crippen LogP contribution >= 0.6 is 11.6 Å². The van der Waals surface area contributed by atoms with Gasteiger partial charge in [0, 0.05) is 25.2 Å². The maximum absolute atomic E-state index is 12.8. The van der Waals surface area contributed by atoms with Crippen LogP contribution in [0.1, 0.15) is 24.0 Å². The van der Waals surface area contributed by atoms with Crippen LogP contribution in [0.15, 0.2) is 64.2 Å². The lowest BCUT2D eigenvalue weighted by molar-refractivity contribution is 0.399. The molecule has 8 heteroatoms. The zero-order valence-electron chi connectivity index (χ0n) is 18.5. The number of halogens is 1. The first-order valence-electron chi connectivity index (χ1n) is 11.2. The Morgan fingerprint density at radius 1 is 1.00 bits per heavy atom. The number of rotatable bonds is 5. The molecule has 1 N–H and O–H groups in total. The van der Waals surface area contributed by atoms with Crippen molar-refractivity contribution in [3.8, 4) is 0 Å². The summed E-state index contributed by atoms with van der Waals surface area (Å²) in [6.07, 6.45) is 3.17. The molecule has 1 fully saturated rings. The molecule has 0 atom stereocenters. The Morgan fingerprint density at radius 2 is 1.70 bits per heavy atom. The zero-order valence-corrected chi connectivity index (χ0v) is 19.3. The van der Waals surface area contributed by atoms with Gasteiger partial charge in [-0.05, 0) is 48.4 Å². The predicted molar refractivity (Wildman–Crippen MR) is 131 cm³/mol. The SMILES string of the molecule is Cn1c(=O)[nH]c(=O)c2c1nc(N1CCC(Cc3ccccc3)CC1)n2Cc1ccc(Cl)cc1. The van der Waals surface area contributed by atoms with Crippen LogP contribution < -0.4 is 16.1 Å². The molecule has 33 heavy (non-hydrogen) atoms. The Morgan fingerprint density at radius 3 is 2.39 bits per heavy atom. The Labute approximate surface area is 196 Å². The molecule has 4 aromatic rings. The highest BCUT2D eigenvalue weighted by atomic mass is 35.5. The number of imidazole rings is 1. The van der Waals surface area contributed by atoms with E-state index in [0.717, 1.165) is 43.9 Å². The van der Waals surface area contributed by atoms with E-state index in [0.29, 0.717) is 28.6 Å².